The summed E-state index contributed by atoms with van der Waals surface area (Å²) in [5.41, 5.74) is 3.09. The number of morpholine rings is 1. The molecule has 1 aliphatic heterocycles. The number of hydrogen-bond donors (Lipinski definition) is 3. The van der Waals surface area contributed by atoms with Gasteiger partial charge >= 0.3 is 0 Å². The Morgan fingerprint density at radius 1 is 1.00 bits per heavy atom. The quantitative estimate of drug-likeness (QED) is 0.550. The second-order valence-corrected chi connectivity index (χ2v) is 7.66. The topological polar surface area (TPSA) is 117 Å². The fourth-order valence-corrected chi connectivity index (χ4v) is 3.74. The summed E-state index contributed by atoms with van der Waals surface area (Å²) >= 11 is 0. The van der Waals surface area contributed by atoms with Crippen LogP contribution < -0.4 is 10.2 Å². The predicted molar refractivity (Wildman–Crippen MR) is 117 cm³/mol. The van der Waals surface area contributed by atoms with E-state index in [1.807, 2.05) is 32.0 Å². The van der Waals surface area contributed by atoms with Crippen molar-refractivity contribution in [3.8, 4) is 11.1 Å². The van der Waals surface area contributed by atoms with E-state index in [9.17, 15) is 10.2 Å². The van der Waals surface area contributed by atoms with Crippen molar-refractivity contribution in [1.82, 2.24) is 20.2 Å². The highest BCUT2D eigenvalue weighted by atomic mass is 16.5. The minimum atomic E-state index is -0.143. The SMILES string of the molecule is C[C@@H]1CN(c2nccc(Nc3cc(-c4ccc(CO)c(CO)c4)cnn3)n2)C[C@H](C)O1. The van der Waals surface area contributed by atoms with E-state index in [0.717, 1.165) is 24.2 Å². The lowest BCUT2D eigenvalue weighted by Gasteiger charge is -2.35. The van der Waals surface area contributed by atoms with Crippen LogP contribution in [-0.4, -0.2) is 55.7 Å². The molecule has 1 fully saturated rings. The van der Waals surface area contributed by atoms with E-state index in [1.54, 1.807) is 24.5 Å². The van der Waals surface area contributed by atoms with Crippen LogP contribution in [0.5, 0.6) is 0 Å². The van der Waals surface area contributed by atoms with Crippen LogP contribution >= 0.6 is 0 Å². The number of nitrogens with one attached hydrogen (secondary N) is 1. The Morgan fingerprint density at radius 3 is 2.52 bits per heavy atom. The Morgan fingerprint density at radius 2 is 1.77 bits per heavy atom. The number of aliphatic hydroxyl groups excluding tert-OH is 2. The minimum absolute atomic E-state index is 0.117. The molecular weight excluding hydrogens is 396 g/mol. The maximum atomic E-state index is 9.56. The highest BCUT2D eigenvalue weighted by Gasteiger charge is 2.24. The van der Waals surface area contributed by atoms with Crippen molar-refractivity contribution in [2.45, 2.75) is 39.3 Å². The lowest BCUT2D eigenvalue weighted by molar-refractivity contribution is -0.00571. The van der Waals surface area contributed by atoms with Gasteiger partial charge in [-0.1, -0.05) is 12.1 Å². The van der Waals surface area contributed by atoms with Gasteiger partial charge in [0.15, 0.2) is 5.82 Å². The normalized spacial score (nSPS) is 18.8. The molecular formula is C22H26N6O3. The van der Waals surface area contributed by atoms with E-state index >= 15 is 0 Å². The van der Waals surface area contributed by atoms with Crippen molar-refractivity contribution in [3.63, 3.8) is 0 Å². The van der Waals surface area contributed by atoms with Gasteiger partial charge in [-0.25, -0.2) is 4.98 Å². The zero-order valence-electron chi connectivity index (χ0n) is 17.6. The van der Waals surface area contributed by atoms with Gasteiger partial charge in [0.05, 0.1) is 31.6 Å². The first-order valence-corrected chi connectivity index (χ1v) is 10.2. The van der Waals surface area contributed by atoms with Crippen molar-refractivity contribution in [1.29, 1.82) is 0 Å². The average Bonchev–Trinajstić information content (AvgIpc) is 2.78. The fraction of sp³-hybridized carbons (Fsp3) is 0.364. The van der Waals surface area contributed by atoms with E-state index in [2.05, 4.69) is 30.4 Å². The van der Waals surface area contributed by atoms with E-state index in [0.29, 0.717) is 28.7 Å². The predicted octanol–water partition coefficient (Wildman–Crippen LogP) is 2.28. The molecule has 0 aliphatic carbocycles. The van der Waals surface area contributed by atoms with Crippen molar-refractivity contribution in [2.24, 2.45) is 0 Å². The molecule has 9 heteroatoms. The van der Waals surface area contributed by atoms with E-state index < -0.39 is 0 Å². The zero-order valence-corrected chi connectivity index (χ0v) is 17.6. The standard InChI is InChI=1S/C22H26N6O3/c1-14-10-28(11-15(2)31-14)22-23-6-5-20(26-22)25-21-8-18(9-24-27-21)16-3-4-17(12-29)19(7-16)13-30/h3-9,14-15,29-30H,10-13H2,1-2H3,(H,23,25,26,27)/t14-,15+. The average molecular weight is 422 g/mol. The van der Waals surface area contributed by atoms with Crippen LogP contribution in [0.15, 0.2) is 42.7 Å². The van der Waals surface area contributed by atoms with Crippen molar-refractivity contribution in [3.05, 3.63) is 53.9 Å². The Labute approximate surface area is 180 Å². The van der Waals surface area contributed by atoms with Crippen LogP contribution in [-0.2, 0) is 18.0 Å². The van der Waals surface area contributed by atoms with Crippen LogP contribution in [0.2, 0.25) is 0 Å². The van der Waals surface area contributed by atoms with Gasteiger partial charge in [0.1, 0.15) is 5.82 Å². The molecule has 0 amide bonds. The summed E-state index contributed by atoms with van der Waals surface area (Å²) < 4.78 is 5.79. The Balaban J connectivity index is 1.55. The number of anilines is 3. The summed E-state index contributed by atoms with van der Waals surface area (Å²) in [5.74, 6) is 1.81. The maximum absolute atomic E-state index is 9.56. The van der Waals surface area contributed by atoms with Crippen molar-refractivity contribution >= 4 is 17.6 Å². The lowest BCUT2D eigenvalue weighted by atomic mass is 10.0. The summed E-state index contributed by atoms with van der Waals surface area (Å²) in [4.78, 5) is 11.2. The smallest absolute Gasteiger partial charge is 0.227 e. The Kier molecular flexibility index (Phi) is 6.36. The molecule has 0 saturated carbocycles. The molecule has 0 unspecified atom stereocenters. The second kappa shape index (κ2) is 9.34. The van der Waals surface area contributed by atoms with Gasteiger partial charge in [0.2, 0.25) is 5.95 Å². The van der Waals surface area contributed by atoms with Gasteiger partial charge in [-0.2, -0.15) is 10.1 Å². The third kappa shape index (κ3) is 4.96. The zero-order chi connectivity index (χ0) is 21.8. The molecule has 162 valence electrons. The highest BCUT2D eigenvalue weighted by Crippen LogP contribution is 2.25. The largest absolute Gasteiger partial charge is 0.392 e. The molecule has 1 saturated heterocycles. The van der Waals surface area contributed by atoms with Crippen LogP contribution in [0.3, 0.4) is 0 Å². The number of rotatable bonds is 6. The maximum Gasteiger partial charge on any atom is 0.227 e. The Hall–Kier alpha value is -3.14. The van der Waals surface area contributed by atoms with Gasteiger partial charge < -0.3 is 25.2 Å². The number of aromatic nitrogens is 4. The van der Waals surface area contributed by atoms with E-state index in [4.69, 9.17) is 4.74 Å². The minimum Gasteiger partial charge on any atom is -0.392 e. The number of aliphatic hydroxyl groups is 2. The summed E-state index contributed by atoms with van der Waals surface area (Å²) in [6.45, 7) is 5.30. The summed E-state index contributed by atoms with van der Waals surface area (Å²) in [6, 6.07) is 9.17. The lowest BCUT2D eigenvalue weighted by Crippen LogP contribution is -2.46. The van der Waals surface area contributed by atoms with Gasteiger partial charge in [0.25, 0.3) is 0 Å². The van der Waals surface area contributed by atoms with Gasteiger partial charge in [-0.05, 0) is 48.7 Å². The second-order valence-electron chi connectivity index (χ2n) is 7.66. The number of ether oxygens (including phenoxy) is 1. The first-order valence-electron chi connectivity index (χ1n) is 10.2. The van der Waals surface area contributed by atoms with Crippen LogP contribution in [0, 0.1) is 0 Å². The number of nitrogens with zero attached hydrogens (tertiary/aromatic N) is 5. The molecule has 2 atom stereocenters. The summed E-state index contributed by atoms with van der Waals surface area (Å²) in [5, 5.41) is 30.4. The van der Waals surface area contributed by atoms with Crippen molar-refractivity contribution in [2.75, 3.05) is 23.3 Å². The monoisotopic (exact) mass is 422 g/mol. The van der Waals surface area contributed by atoms with E-state index in [1.165, 1.54) is 0 Å². The molecule has 3 heterocycles. The summed E-state index contributed by atoms with van der Waals surface area (Å²) in [6.07, 6.45) is 3.61. The molecule has 4 rings (SSSR count). The van der Waals surface area contributed by atoms with Crippen LogP contribution in [0.4, 0.5) is 17.6 Å². The first-order chi connectivity index (χ1) is 15.1. The third-order valence-corrected chi connectivity index (χ3v) is 5.14. The van der Waals surface area contributed by atoms with Crippen LogP contribution in [0.1, 0.15) is 25.0 Å². The highest BCUT2D eigenvalue weighted by molar-refractivity contribution is 5.68. The molecule has 0 radical (unpaired) electrons. The molecule has 1 aliphatic rings. The Bertz CT molecular complexity index is 1040. The molecule has 3 N–H and O–H groups in total. The van der Waals surface area contributed by atoms with E-state index in [-0.39, 0.29) is 25.4 Å². The molecule has 2 aromatic heterocycles. The number of benzene rings is 1. The first kappa shape index (κ1) is 21.1. The fourth-order valence-electron chi connectivity index (χ4n) is 3.74. The van der Waals surface area contributed by atoms with Crippen molar-refractivity contribution < 1.29 is 14.9 Å². The van der Waals surface area contributed by atoms with Gasteiger partial charge in [0, 0.05) is 24.8 Å². The molecule has 0 spiro atoms. The van der Waals surface area contributed by atoms with Gasteiger partial charge in [-0.3, -0.25) is 0 Å². The van der Waals surface area contributed by atoms with Crippen LogP contribution in [0.25, 0.3) is 11.1 Å². The third-order valence-electron chi connectivity index (χ3n) is 5.14. The molecule has 1 aromatic carbocycles. The molecule has 31 heavy (non-hydrogen) atoms. The molecule has 0 bridgehead atoms. The molecule has 9 nitrogen and oxygen atoms in total. The number of hydrogen-bond acceptors (Lipinski definition) is 9. The summed E-state index contributed by atoms with van der Waals surface area (Å²) in [7, 11) is 0. The van der Waals surface area contributed by atoms with Gasteiger partial charge in [-0.15, -0.1) is 5.10 Å². The molecule has 3 aromatic rings.